The van der Waals surface area contributed by atoms with Crippen molar-refractivity contribution in [2.24, 2.45) is 4.99 Å². The van der Waals surface area contributed by atoms with Gasteiger partial charge in [0.15, 0.2) is 0 Å². The first kappa shape index (κ1) is 16.1. The Bertz CT molecular complexity index is 619. The highest BCUT2D eigenvalue weighted by Crippen LogP contribution is 2.34. The number of benzene rings is 2. The summed E-state index contributed by atoms with van der Waals surface area (Å²) >= 11 is 1.95. The van der Waals surface area contributed by atoms with E-state index in [2.05, 4.69) is 53.7 Å². The number of rotatable bonds is 4. The van der Waals surface area contributed by atoms with Crippen LogP contribution >= 0.6 is 11.9 Å². The second-order valence-electron chi connectivity index (χ2n) is 5.99. The Kier molecular flexibility index (Phi) is 5.76. The average Bonchev–Trinajstić information content (AvgIpc) is 2.62. The monoisotopic (exact) mass is 324 g/mol. The van der Waals surface area contributed by atoms with Gasteiger partial charge in [-0.25, -0.2) is 4.99 Å². The van der Waals surface area contributed by atoms with Crippen LogP contribution in [0, 0.1) is 0 Å². The van der Waals surface area contributed by atoms with E-state index in [9.17, 15) is 0 Å². The zero-order valence-corrected chi connectivity index (χ0v) is 14.5. The summed E-state index contributed by atoms with van der Waals surface area (Å²) in [6.45, 7) is 2.11. The first-order valence-electron chi connectivity index (χ1n) is 8.45. The number of anilines is 1. The van der Waals surface area contributed by atoms with Crippen LogP contribution in [0.3, 0.4) is 0 Å². The summed E-state index contributed by atoms with van der Waals surface area (Å²) in [5, 5.41) is 0.699. The lowest BCUT2D eigenvalue weighted by molar-refractivity contribution is 0.516. The molecule has 3 rings (SSSR count). The maximum atomic E-state index is 4.82. The van der Waals surface area contributed by atoms with Gasteiger partial charge in [-0.15, -0.1) is 0 Å². The highest BCUT2D eigenvalue weighted by molar-refractivity contribution is 8.02. The molecule has 0 aliphatic heterocycles. The third-order valence-electron chi connectivity index (χ3n) is 4.14. The smallest absolute Gasteiger partial charge is 0.116 e. The summed E-state index contributed by atoms with van der Waals surface area (Å²) < 4.78 is 2.31. The topological polar surface area (TPSA) is 15.6 Å². The molecular formula is C20H24N2S. The van der Waals surface area contributed by atoms with E-state index in [1.165, 1.54) is 37.8 Å². The predicted octanol–water partition coefficient (Wildman–Crippen LogP) is 6.22. The molecule has 0 saturated heterocycles. The largest absolute Gasteiger partial charge is 0.272 e. The molecule has 2 nitrogen and oxygen atoms in total. The molecule has 1 aliphatic rings. The molecule has 1 aliphatic carbocycles. The fraction of sp³-hybridized carbons (Fsp3) is 0.350. The van der Waals surface area contributed by atoms with Gasteiger partial charge in [-0.2, -0.15) is 0 Å². The van der Waals surface area contributed by atoms with Crippen LogP contribution in [0.5, 0.6) is 0 Å². The van der Waals surface area contributed by atoms with E-state index >= 15 is 0 Å². The third-order valence-corrected chi connectivity index (χ3v) is 5.59. The second kappa shape index (κ2) is 8.21. The second-order valence-corrected chi connectivity index (χ2v) is 7.23. The van der Waals surface area contributed by atoms with E-state index < -0.39 is 0 Å². The molecule has 0 radical (unpaired) electrons. The summed E-state index contributed by atoms with van der Waals surface area (Å²) in [5.74, 6) is 1.04. The first-order chi connectivity index (χ1) is 11.3. The molecule has 120 valence electrons. The average molecular weight is 324 g/mol. The fourth-order valence-electron chi connectivity index (χ4n) is 2.94. The molecule has 0 heterocycles. The van der Waals surface area contributed by atoms with E-state index in [4.69, 9.17) is 4.99 Å². The quantitative estimate of drug-likeness (QED) is 0.377. The lowest BCUT2D eigenvalue weighted by Gasteiger charge is -2.29. The van der Waals surface area contributed by atoms with E-state index in [0.717, 1.165) is 11.5 Å². The van der Waals surface area contributed by atoms with Crippen molar-refractivity contribution in [3.63, 3.8) is 0 Å². The molecule has 2 aromatic rings. The Hall–Kier alpha value is -1.74. The molecule has 0 unspecified atom stereocenters. The van der Waals surface area contributed by atoms with Gasteiger partial charge in [0.2, 0.25) is 0 Å². The molecule has 3 heteroatoms. The van der Waals surface area contributed by atoms with Gasteiger partial charge >= 0.3 is 0 Å². The standard InChI is InChI=1S/C20H24N2S/c1-17(21-18-11-5-2-6-12-18)22(19-13-7-3-8-14-19)23-20-15-9-4-10-16-20/h2-3,5-8,11-14,20H,4,9-10,15-16H2,1H3. The Balaban J connectivity index is 1.83. The minimum absolute atomic E-state index is 0.699. The van der Waals surface area contributed by atoms with Gasteiger partial charge in [-0.3, -0.25) is 4.31 Å². The maximum Gasteiger partial charge on any atom is 0.116 e. The van der Waals surface area contributed by atoms with Crippen LogP contribution in [-0.4, -0.2) is 11.1 Å². The van der Waals surface area contributed by atoms with Gasteiger partial charge in [-0.1, -0.05) is 55.7 Å². The van der Waals surface area contributed by atoms with Crippen molar-refractivity contribution in [2.45, 2.75) is 44.3 Å². The molecule has 0 spiro atoms. The van der Waals surface area contributed by atoms with Gasteiger partial charge in [0.25, 0.3) is 0 Å². The van der Waals surface area contributed by atoms with Crippen molar-refractivity contribution in [1.82, 2.24) is 0 Å². The molecule has 0 amide bonds. The SMILES string of the molecule is CC(=Nc1ccccc1)N(SC1CCCCC1)c1ccccc1. The molecule has 0 aromatic heterocycles. The Morgan fingerprint density at radius 2 is 1.52 bits per heavy atom. The third kappa shape index (κ3) is 4.61. The highest BCUT2D eigenvalue weighted by atomic mass is 32.2. The lowest BCUT2D eigenvalue weighted by atomic mass is 10.0. The molecule has 2 aromatic carbocycles. The van der Waals surface area contributed by atoms with Crippen LogP contribution in [0.4, 0.5) is 11.4 Å². The molecule has 0 N–H and O–H groups in total. The van der Waals surface area contributed by atoms with Gasteiger partial charge in [0.1, 0.15) is 5.84 Å². The van der Waals surface area contributed by atoms with Crippen molar-refractivity contribution in [3.05, 3.63) is 60.7 Å². The Labute approximate surface area is 143 Å². The zero-order valence-electron chi connectivity index (χ0n) is 13.7. The minimum Gasteiger partial charge on any atom is -0.272 e. The van der Waals surface area contributed by atoms with Crippen molar-refractivity contribution >= 4 is 29.2 Å². The van der Waals surface area contributed by atoms with Gasteiger partial charge < -0.3 is 0 Å². The molecule has 1 fully saturated rings. The summed E-state index contributed by atoms with van der Waals surface area (Å²) in [6, 6.07) is 20.8. The fourth-order valence-corrected chi connectivity index (χ4v) is 4.22. The van der Waals surface area contributed by atoms with E-state index in [0.29, 0.717) is 5.25 Å². The van der Waals surface area contributed by atoms with Gasteiger partial charge in [-0.05, 0) is 56.0 Å². The molecule has 1 saturated carbocycles. The van der Waals surface area contributed by atoms with Gasteiger partial charge in [0, 0.05) is 5.25 Å². The summed E-state index contributed by atoms with van der Waals surface area (Å²) in [6.07, 6.45) is 6.73. The zero-order chi connectivity index (χ0) is 15.9. The molecule has 0 atom stereocenters. The number of hydrogen-bond donors (Lipinski definition) is 0. The Morgan fingerprint density at radius 3 is 2.17 bits per heavy atom. The lowest BCUT2D eigenvalue weighted by Crippen LogP contribution is -2.25. The molecule has 23 heavy (non-hydrogen) atoms. The number of para-hydroxylation sites is 2. The highest BCUT2D eigenvalue weighted by Gasteiger charge is 2.20. The van der Waals surface area contributed by atoms with Crippen molar-refractivity contribution < 1.29 is 0 Å². The van der Waals surface area contributed by atoms with Gasteiger partial charge in [0.05, 0.1) is 11.4 Å². The summed E-state index contributed by atoms with van der Waals surface area (Å²) in [4.78, 5) is 4.82. The van der Waals surface area contributed by atoms with Crippen molar-refractivity contribution in [1.29, 1.82) is 0 Å². The Morgan fingerprint density at radius 1 is 0.913 bits per heavy atom. The van der Waals surface area contributed by atoms with Crippen LogP contribution in [0.2, 0.25) is 0 Å². The first-order valence-corrected chi connectivity index (χ1v) is 9.29. The summed E-state index contributed by atoms with van der Waals surface area (Å²) in [5.41, 5.74) is 2.22. The minimum atomic E-state index is 0.699. The van der Waals surface area contributed by atoms with E-state index in [-0.39, 0.29) is 0 Å². The van der Waals surface area contributed by atoms with Crippen LogP contribution < -0.4 is 4.31 Å². The molecular weight excluding hydrogens is 300 g/mol. The van der Waals surface area contributed by atoms with E-state index in [1.807, 2.05) is 30.1 Å². The van der Waals surface area contributed by atoms with Crippen LogP contribution in [0.15, 0.2) is 65.7 Å². The summed E-state index contributed by atoms with van der Waals surface area (Å²) in [7, 11) is 0. The van der Waals surface area contributed by atoms with Crippen LogP contribution in [-0.2, 0) is 0 Å². The normalized spacial score (nSPS) is 16.3. The van der Waals surface area contributed by atoms with Crippen LogP contribution in [0.25, 0.3) is 0 Å². The number of aliphatic imine (C=N–C) groups is 1. The van der Waals surface area contributed by atoms with E-state index in [1.54, 1.807) is 0 Å². The molecule has 0 bridgehead atoms. The number of nitrogens with zero attached hydrogens (tertiary/aromatic N) is 2. The number of amidine groups is 1. The predicted molar refractivity (Wildman–Crippen MR) is 103 cm³/mol. The van der Waals surface area contributed by atoms with Crippen LogP contribution in [0.1, 0.15) is 39.0 Å². The maximum absolute atomic E-state index is 4.82. The van der Waals surface area contributed by atoms with Crippen molar-refractivity contribution in [2.75, 3.05) is 4.31 Å². The van der Waals surface area contributed by atoms with Crippen molar-refractivity contribution in [3.8, 4) is 0 Å². The number of hydrogen-bond acceptors (Lipinski definition) is 2.